The van der Waals surface area contributed by atoms with Crippen LogP contribution >= 0.6 is 47.8 Å². The number of carbonyl (C=O) groups is 1. The number of hydrogen-bond acceptors (Lipinski definition) is 2. The van der Waals surface area contributed by atoms with Crippen LogP contribution in [0.5, 0.6) is 5.75 Å². The molecule has 0 spiro atoms. The van der Waals surface area contributed by atoms with Gasteiger partial charge in [-0.05, 0) is 57.8 Å². The third-order valence-corrected chi connectivity index (χ3v) is 4.75. The van der Waals surface area contributed by atoms with Crippen molar-refractivity contribution in [3.05, 3.63) is 25.6 Å². The fraction of sp³-hybridized carbons (Fsp3) is 0.417. The van der Waals surface area contributed by atoms with Crippen LogP contribution in [0.3, 0.4) is 0 Å². The SMILES string of the molecule is CC1(C)C(=O)CC1Oc1c(Br)cc(Br)cc1Br. The molecule has 1 saturated carbocycles. The van der Waals surface area contributed by atoms with E-state index in [2.05, 4.69) is 47.8 Å². The molecule has 2 rings (SSSR count). The highest BCUT2D eigenvalue weighted by atomic mass is 79.9. The van der Waals surface area contributed by atoms with Crippen molar-refractivity contribution in [1.82, 2.24) is 0 Å². The lowest BCUT2D eigenvalue weighted by Gasteiger charge is -2.42. The summed E-state index contributed by atoms with van der Waals surface area (Å²) in [5.74, 6) is 1.01. The van der Waals surface area contributed by atoms with E-state index >= 15 is 0 Å². The molecule has 0 bridgehead atoms. The van der Waals surface area contributed by atoms with Gasteiger partial charge in [0.1, 0.15) is 17.6 Å². The molecular formula is C12H11Br3O2. The molecule has 0 heterocycles. The molecule has 0 saturated heterocycles. The number of halogens is 3. The van der Waals surface area contributed by atoms with E-state index in [1.165, 1.54) is 0 Å². The Hall–Kier alpha value is 0.130. The van der Waals surface area contributed by atoms with Crippen LogP contribution in [0.2, 0.25) is 0 Å². The van der Waals surface area contributed by atoms with E-state index < -0.39 is 0 Å². The Morgan fingerprint density at radius 2 is 1.76 bits per heavy atom. The molecule has 0 N–H and O–H groups in total. The van der Waals surface area contributed by atoms with Crippen molar-refractivity contribution in [3.8, 4) is 5.75 Å². The minimum Gasteiger partial charge on any atom is -0.487 e. The summed E-state index contributed by atoms with van der Waals surface area (Å²) in [6.45, 7) is 3.84. The summed E-state index contributed by atoms with van der Waals surface area (Å²) < 4.78 is 8.62. The van der Waals surface area contributed by atoms with Gasteiger partial charge in [-0.2, -0.15) is 0 Å². The number of carbonyl (C=O) groups excluding carboxylic acids is 1. The van der Waals surface area contributed by atoms with Crippen LogP contribution in [0.1, 0.15) is 20.3 Å². The van der Waals surface area contributed by atoms with Crippen LogP contribution in [0.15, 0.2) is 25.6 Å². The molecule has 1 aromatic rings. The Morgan fingerprint density at radius 3 is 2.18 bits per heavy atom. The lowest BCUT2D eigenvalue weighted by Crippen LogP contribution is -2.53. The zero-order valence-electron chi connectivity index (χ0n) is 9.39. The standard InChI is InChI=1S/C12H11Br3O2/c1-12(2)9(16)5-10(12)17-11-7(14)3-6(13)4-8(11)15/h3-4,10H,5H2,1-2H3. The topological polar surface area (TPSA) is 26.3 Å². The van der Waals surface area contributed by atoms with Gasteiger partial charge in [-0.1, -0.05) is 15.9 Å². The van der Waals surface area contributed by atoms with Crippen LogP contribution in [0, 0.1) is 5.41 Å². The third kappa shape index (κ3) is 2.47. The van der Waals surface area contributed by atoms with Gasteiger partial charge in [-0.3, -0.25) is 4.79 Å². The average molecular weight is 427 g/mol. The fourth-order valence-electron chi connectivity index (χ4n) is 1.71. The molecule has 1 aliphatic carbocycles. The number of ketones is 1. The summed E-state index contributed by atoms with van der Waals surface area (Å²) in [7, 11) is 0. The monoisotopic (exact) mass is 424 g/mol. The maximum absolute atomic E-state index is 11.5. The summed E-state index contributed by atoms with van der Waals surface area (Å²) in [5.41, 5.74) is -0.383. The second-order valence-electron chi connectivity index (χ2n) is 4.65. The van der Waals surface area contributed by atoms with Crippen molar-refractivity contribution in [2.24, 2.45) is 5.41 Å². The van der Waals surface area contributed by atoms with Crippen LogP contribution < -0.4 is 4.74 Å². The van der Waals surface area contributed by atoms with Gasteiger partial charge in [-0.25, -0.2) is 0 Å². The third-order valence-electron chi connectivity index (χ3n) is 3.12. The van der Waals surface area contributed by atoms with Crippen molar-refractivity contribution >= 4 is 53.6 Å². The molecule has 1 unspecified atom stereocenters. The molecule has 0 radical (unpaired) electrons. The van der Waals surface area contributed by atoms with Crippen molar-refractivity contribution in [2.45, 2.75) is 26.4 Å². The molecule has 0 amide bonds. The molecule has 0 aromatic heterocycles. The molecule has 2 nitrogen and oxygen atoms in total. The van der Waals surface area contributed by atoms with E-state index in [0.29, 0.717) is 6.42 Å². The highest BCUT2D eigenvalue weighted by Gasteiger charge is 2.49. The first kappa shape index (κ1) is 13.6. The lowest BCUT2D eigenvalue weighted by molar-refractivity contribution is -0.148. The minimum atomic E-state index is -0.383. The van der Waals surface area contributed by atoms with Gasteiger partial charge in [0.25, 0.3) is 0 Å². The molecule has 5 heteroatoms. The van der Waals surface area contributed by atoms with Crippen molar-refractivity contribution < 1.29 is 9.53 Å². The predicted octanol–water partition coefficient (Wildman–Crippen LogP) is 4.72. The number of hydrogen-bond donors (Lipinski definition) is 0. The van der Waals surface area contributed by atoms with Gasteiger partial charge in [0.15, 0.2) is 0 Å². The minimum absolute atomic E-state index is 0.0521. The van der Waals surface area contributed by atoms with Gasteiger partial charge < -0.3 is 4.74 Å². The summed E-state index contributed by atoms with van der Waals surface area (Å²) >= 11 is 10.3. The fourth-order valence-corrected chi connectivity index (χ4v) is 4.15. The first-order valence-corrected chi connectivity index (χ1v) is 7.55. The van der Waals surface area contributed by atoms with E-state index in [1.54, 1.807) is 0 Å². The molecule has 1 aromatic carbocycles. The van der Waals surface area contributed by atoms with Crippen LogP contribution in [0.4, 0.5) is 0 Å². The second kappa shape index (κ2) is 4.67. The lowest BCUT2D eigenvalue weighted by atomic mass is 9.68. The molecule has 1 aliphatic rings. The Morgan fingerprint density at radius 1 is 1.24 bits per heavy atom. The quantitative estimate of drug-likeness (QED) is 0.684. The predicted molar refractivity (Wildman–Crippen MR) is 77.4 cm³/mol. The Labute approximate surface area is 125 Å². The van der Waals surface area contributed by atoms with E-state index in [9.17, 15) is 4.79 Å². The van der Waals surface area contributed by atoms with E-state index in [4.69, 9.17) is 4.74 Å². The first-order chi connectivity index (χ1) is 7.82. The van der Waals surface area contributed by atoms with E-state index in [1.807, 2.05) is 26.0 Å². The zero-order chi connectivity index (χ0) is 12.8. The van der Waals surface area contributed by atoms with Gasteiger partial charge >= 0.3 is 0 Å². The molecule has 1 atom stereocenters. The van der Waals surface area contributed by atoms with E-state index in [-0.39, 0.29) is 17.3 Å². The van der Waals surface area contributed by atoms with Crippen LogP contribution in [-0.4, -0.2) is 11.9 Å². The molecule has 17 heavy (non-hydrogen) atoms. The number of benzene rings is 1. The molecule has 1 fully saturated rings. The van der Waals surface area contributed by atoms with Crippen LogP contribution in [-0.2, 0) is 4.79 Å². The summed E-state index contributed by atoms with van der Waals surface area (Å²) in [5, 5.41) is 0. The largest absolute Gasteiger partial charge is 0.487 e. The van der Waals surface area contributed by atoms with Gasteiger partial charge in [0.2, 0.25) is 0 Å². The van der Waals surface area contributed by atoms with E-state index in [0.717, 1.165) is 19.2 Å². The maximum atomic E-state index is 11.5. The highest BCUT2D eigenvalue weighted by molar-refractivity contribution is 9.11. The molecule has 92 valence electrons. The van der Waals surface area contributed by atoms with Crippen molar-refractivity contribution in [1.29, 1.82) is 0 Å². The zero-order valence-corrected chi connectivity index (χ0v) is 14.1. The Bertz CT molecular complexity index is 460. The summed E-state index contributed by atoms with van der Waals surface area (Å²) in [6, 6.07) is 3.85. The number of Topliss-reactive ketones (excluding diaryl/α,β-unsaturated/α-hetero) is 1. The van der Waals surface area contributed by atoms with Gasteiger partial charge in [0, 0.05) is 10.9 Å². The second-order valence-corrected chi connectivity index (χ2v) is 7.28. The normalized spacial score (nSPS) is 22.2. The molecular weight excluding hydrogens is 416 g/mol. The first-order valence-electron chi connectivity index (χ1n) is 5.17. The average Bonchev–Trinajstić information content (AvgIpc) is 2.21. The Kier molecular flexibility index (Phi) is 3.72. The molecule has 0 aliphatic heterocycles. The maximum Gasteiger partial charge on any atom is 0.148 e. The smallest absolute Gasteiger partial charge is 0.148 e. The number of rotatable bonds is 2. The van der Waals surface area contributed by atoms with Crippen molar-refractivity contribution in [2.75, 3.05) is 0 Å². The highest BCUT2D eigenvalue weighted by Crippen LogP contribution is 2.43. The van der Waals surface area contributed by atoms with Gasteiger partial charge in [-0.15, -0.1) is 0 Å². The summed E-state index contributed by atoms with van der Waals surface area (Å²) in [4.78, 5) is 11.5. The van der Waals surface area contributed by atoms with Crippen LogP contribution in [0.25, 0.3) is 0 Å². The summed E-state index contributed by atoms with van der Waals surface area (Å²) in [6.07, 6.45) is 0.436. The number of ether oxygens (including phenoxy) is 1. The Balaban J connectivity index is 2.24. The van der Waals surface area contributed by atoms with Crippen molar-refractivity contribution in [3.63, 3.8) is 0 Å². The van der Waals surface area contributed by atoms with Gasteiger partial charge in [0.05, 0.1) is 14.4 Å².